The van der Waals surface area contributed by atoms with Gasteiger partial charge in [-0.2, -0.15) is 0 Å². The van der Waals surface area contributed by atoms with Crippen LogP contribution in [-0.2, 0) is 19.6 Å². The second kappa shape index (κ2) is 11.3. The predicted molar refractivity (Wildman–Crippen MR) is 130 cm³/mol. The van der Waals surface area contributed by atoms with Crippen molar-refractivity contribution >= 4 is 46.0 Å². The highest BCUT2D eigenvalue weighted by atomic mass is 35.5. The highest BCUT2D eigenvalue weighted by Crippen LogP contribution is 2.29. The summed E-state index contributed by atoms with van der Waals surface area (Å²) in [6, 6.07) is 4.15. The van der Waals surface area contributed by atoms with Gasteiger partial charge in [-0.15, -0.1) is 12.4 Å². The number of amidine groups is 1. The number of imide groups is 1. The molecule has 0 aromatic heterocycles. The number of halogens is 1. The van der Waals surface area contributed by atoms with Crippen molar-refractivity contribution in [2.24, 2.45) is 11.7 Å². The SMILES string of the molecule is CC(C)C[C@@H](NS(=O)(=O)C1CC1)C(=O)N1CCC[C@H]1C(=O)NC(=O)c1ccc(C(=N)N)cc1.Cl. The summed E-state index contributed by atoms with van der Waals surface area (Å²) in [5.41, 5.74) is 6.08. The number of hydrogen-bond donors (Lipinski definition) is 4. The number of nitrogen functional groups attached to an aromatic ring is 1. The molecule has 1 saturated carbocycles. The standard InChI is InChI=1S/C22H31N5O5S.ClH/c1-13(2)12-17(26-33(31,32)16-9-10-16)22(30)27-11-3-4-18(27)21(29)25-20(28)15-7-5-14(6-8-15)19(23)24;/h5-8,13,16-18,26H,3-4,9-12H2,1-2H3,(H3,23,24)(H,25,28,29);1H/t17-,18+;/m1./s1. The number of carbonyl (C=O) groups excluding carboxylic acids is 3. The molecule has 2 aliphatic rings. The summed E-state index contributed by atoms with van der Waals surface area (Å²) < 4.78 is 27.5. The van der Waals surface area contributed by atoms with E-state index < -0.39 is 45.1 Å². The van der Waals surface area contributed by atoms with Crippen LogP contribution >= 0.6 is 12.4 Å². The summed E-state index contributed by atoms with van der Waals surface area (Å²) in [6.07, 6.45) is 2.45. The number of likely N-dealkylation sites (tertiary alicyclic amines) is 1. The Labute approximate surface area is 206 Å². The Bertz CT molecular complexity index is 1040. The monoisotopic (exact) mass is 513 g/mol. The van der Waals surface area contributed by atoms with E-state index in [4.69, 9.17) is 11.1 Å². The van der Waals surface area contributed by atoms with E-state index >= 15 is 0 Å². The molecule has 34 heavy (non-hydrogen) atoms. The van der Waals surface area contributed by atoms with E-state index in [1.54, 1.807) is 0 Å². The summed E-state index contributed by atoms with van der Waals surface area (Å²) in [4.78, 5) is 40.0. The molecule has 1 aromatic rings. The second-order valence-corrected chi connectivity index (χ2v) is 11.0. The lowest BCUT2D eigenvalue weighted by Gasteiger charge is -2.29. The lowest BCUT2D eigenvalue weighted by Crippen LogP contribution is -2.54. The fourth-order valence-electron chi connectivity index (χ4n) is 3.92. The van der Waals surface area contributed by atoms with E-state index in [1.807, 2.05) is 13.8 Å². The summed E-state index contributed by atoms with van der Waals surface area (Å²) in [5.74, 6) is -1.73. The highest BCUT2D eigenvalue weighted by Gasteiger charge is 2.42. The number of amides is 3. The van der Waals surface area contributed by atoms with Crippen molar-refractivity contribution in [3.8, 4) is 0 Å². The van der Waals surface area contributed by atoms with E-state index in [1.165, 1.54) is 29.2 Å². The van der Waals surface area contributed by atoms with Gasteiger partial charge in [0.15, 0.2) is 0 Å². The normalized spacial score (nSPS) is 18.8. The number of benzene rings is 1. The molecule has 1 aromatic carbocycles. The summed E-state index contributed by atoms with van der Waals surface area (Å²) in [6.45, 7) is 4.12. The number of carbonyl (C=O) groups is 3. The summed E-state index contributed by atoms with van der Waals surface area (Å²) in [5, 5.41) is 9.28. The molecule has 10 nitrogen and oxygen atoms in total. The molecule has 1 saturated heterocycles. The topological polar surface area (TPSA) is 163 Å². The molecule has 3 rings (SSSR count). The van der Waals surface area contributed by atoms with Gasteiger partial charge in [-0.1, -0.05) is 26.0 Å². The molecule has 1 aliphatic heterocycles. The van der Waals surface area contributed by atoms with Crippen molar-refractivity contribution in [2.75, 3.05) is 6.54 Å². The maximum Gasteiger partial charge on any atom is 0.257 e. The average molecular weight is 514 g/mol. The van der Waals surface area contributed by atoms with Crippen molar-refractivity contribution in [1.29, 1.82) is 5.41 Å². The Kier molecular flexibility index (Phi) is 9.21. The van der Waals surface area contributed by atoms with Crippen LogP contribution in [0.1, 0.15) is 61.9 Å². The van der Waals surface area contributed by atoms with Crippen LogP contribution in [0.4, 0.5) is 0 Å². The molecule has 2 fully saturated rings. The van der Waals surface area contributed by atoms with E-state index in [-0.39, 0.29) is 29.7 Å². The molecule has 188 valence electrons. The number of nitrogens with two attached hydrogens (primary N) is 1. The first kappa shape index (κ1) is 27.7. The molecular formula is C22H32ClN5O5S. The molecular weight excluding hydrogens is 482 g/mol. The molecule has 0 bridgehead atoms. The molecule has 1 aliphatic carbocycles. The van der Waals surface area contributed by atoms with Gasteiger partial charge in [0.05, 0.1) is 5.25 Å². The van der Waals surface area contributed by atoms with Crippen molar-refractivity contribution in [2.45, 2.75) is 63.3 Å². The van der Waals surface area contributed by atoms with Crippen LogP contribution in [0.5, 0.6) is 0 Å². The van der Waals surface area contributed by atoms with Gasteiger partial charge in [-0.25, -0.2) is 13.1 Å². The van der Waals surface area contributed by atoms with Gasteiger partial charge in [-0.3, -0.25) is 25.1 Å². The maximum atomic E-state index is 13.3. The first-order valence-electron chi connectivity index (χ1n) is 11.1. The van der Waals surface area contributed by atoms with Gasteiger partial charge in [0.1, 0.15) is 17.9 Å². The number of rotatable bonds is 9. The lowest BCUT2D eigenvalue weighted by atomic mass is 10.0. The quantitative estimate of drug-likeness (QED) is 0.220. The highest BCUT2D eigenvalue weighted by molar-refractivity contribution is 7.90. The van der Waals surface area contributed by atoms with Crippen molar-refractivity contribution in [1.82, 2.24) is 14.9 Å². The smallest absolute Gasteiger partial charge is 0.257 e. The van der Waals surface area contributed by atoms with Crippen LogP contribution < -0.4 is 15.8 Å². The zero-order valence-electron chi connectivity index (χ0n) is 19.2. The molecule has 5 N–H and O–H groups in total. The third-order valence-electron chi connectivity index (χ3n) is 5.81. The summed E-state index contributed by atoms with van der Waals surface area (Å²) >= 11 is 0. The molecule has 0 radical (unpaired) electrons. The van der Waals surface area contributed by atoms with Crippen LogP contribution in [0.2, 0.25) is 0 Å². The Balaban J connectivity index is 0.00000408. The van der Waals surface area contributed by atoms with Crippen molar-refractivity contribution < 1.29 is 22.8 Å². The fourth-order valence-corrected chi connectivity index (χ4v) is 5.46. The van der Waals surface area contributed by atoms with Gasteiger partial charge in [0, 0.05) is 17.7 Å². The van der Waals surface area contributed by atoms with Crippen LogP contribution in [0.15, 0.2) is 24.3 Å². The fraction of sp³-hybridized carbons (Fsp3) is 0.545. The Hall–Kier alpha value is -2.50. The average Bonchev–Trinajstić information content (AvgIpc) is 3.50. The first-order chi connectivity index (χ1) is 15.5. The van der Waals surface area contributed by atoms with Gasteiger partial charge in [0.2, 0.25) is 21.8 Å². The van der Waals surface area contributed by atoms with E-state index in [9.17, 15) is 22.8 Å². The van der Waals surface area contributed by atoms with Crippen LogP contribution in [0.3, 0.4) is 0 Å². The maximum absolute atomic E-state index is 13.3. The van der Waals surface area contributed by atoms with Crippen molar-refractivity contribution in [3.63, 3.8) is 0 Å². The Morgan fingerprint density at radius 2 is 1.71 bits per heavy atom. The lowest BCUT2D eigenvalue weighted by molar-refractivity contribution is -0.139. The molecule has 3 amide bonds. The zero-order chi connectivity index (χ0) is 24.3. The third-order valence-corrected chi connectivity index (χ3v) is 7.77. The predicted octanol–water partition coefficient (Wildman–Crippen LogP) is 1.14. The van der Waals surface area contributed by atoms with Crippen molar-refractivity contribution in [3.05, 3.63) is 35.4 Å². The number of sulfonamides is 1. The second-order valence-electron chi connectivity index (χ2n) is 9.04. The van der Waals surface area contributed by atoms with Gasteiger partial charge in [-0.05, 0) is 50.2 Å². The third kappa shape index (κ3) is 6.77. The van der Waals surface area contributed by atoms with Crippen LogP contribution in [0.25, 0.3) is 0 Å². The van der Waals surface area contributed by atoms with Gasteiger partial charge < -0.3 is 10.6 Å². The Morgan fingerprint density at radius 1 is 1.12 bits per heavy atom. The minimum atomic E-state index is -3.59. The van der Waals surface area contributed by atoms with Gasteiger partial charge in [0.25, 0.3) is 5.91 Å². The van der Waals surface area contributed by atoms with Crippen LogP contribution in [-0.4, -0.2) is 60.8 Å². The largest absolute Gasteiger partial charge is 0.384 e. The minimum absolute atomic E-state index is 0. The number of nitrogens with one attached hydrogen (secondary N) is 3. The van der Waals surface area contributed by atoms with E-state index in [0.29, 0.717) is 44.2 Å². The molecule has 0 spiro atoms. The number of nitrogens with zero attached hydrogens (tertiary/aromatic N) is 1. The minimum Gasteiger partial charge on any atom is -0.384 e. The molecule has 12 heteroatoms. The zero-order valence-corrected chi connectivity index (χ0v) is 20.9. The Morgan fingerprint density at radius 3 is 2.24 bits per heavy atom. The molecule has 0 unspecified atom stereocenters. The van der Waals surface area contributed by atoms with Crippen LogP contribution in [0, 0.1) is 11.3 Å². The molecule has 2 atom stereocenters. The molecule has 1 heterocycles. The van der Waals surface area contributed by atoms with Gasteiger partial charge >= 0.3 is 0 Å². The summed E-state index contributed by atoms with van der Waals surface area (Å²) in [7, 11) is -3.59. The number of hydrogen-bond acceptors (Lipinski definition) is 6. The van der Waals surface area contributed by atoms with E-state index in [2.05, 4.69) is 10.0 Å². The first-order valence-corrected chi connectivity index (χ1v) is 12.7. The van der Waals surface area contributed by atoms with E-state index in [0.717, 1.165) is 0 Å².